The summed E-state index contributed by atoms with van der Waals surface area (Å²) in [4.78, 5) is 24.3. The number of carbonyl (C=O) groups is 2. The molecule has 0 bridgehead atoms. The maximum absolute atomic E-state index is 13.4. The summed E-state index contributed by atoms with van der Waals surface area (Å²) in [5.74, 6) is -0.551. The molecule has 2 N–H and O–H groups in total. The lowest BCUT2D eigenvalue weighted by Gasteiger charge is -2.32. The molecule has 8 nitrogen and oxygen atoms in total. The summed E-state index contributed by atoms with van der Waals surface area (Å²) >= 11 is 0. The second kappa shape index (κ2) is 7.53. The Balaban J connectivity index is 1.40. The van der Waals surface area contributed by atoms with Crippen LogP contribution in [0, 0.1) is 5.92 Å². The molecule has 1 aromatic heterocycles. The third kappa shape index (κ3) is 3.41. The smallest absolute Gasteiger partial charge is 0.289 e. The van der Waals surface area contributed by atoms with E-state index < -0.39 is 24.4 Å². The summed E-state index contributed by atoms with van der Waals surface area (Å²) in [5, 5.41) is 13.2. The van der Waals surface area contributed by atoms with Crippen LogP contribution in [-0.2, 0) is 24.2 Å². The number of aromatic nitrogens is 3. The first kappa shape index (κ1) is 18.3. The standard InChI is InChI=1S/C18H19F2N5O3/c19-15(20)14-11(9-10-3-1-2-4-12(10)28-14)17(26)21-6-5-13-23-24-16-18(27)22-7-8-25(13)16/h1-4,11,14-15H,5-9H2,(H,21,26)(H,22,27)/t11-,14-/m1/s1. The van der Waals surface area contributed by atoms with E-state index in [2.05, 4.69) is 20.8 Å². The lowest BCUT2D eigenvalue weighted by molar-refractivity contribution is -0.133. The van der Waals surface area contributed by atoms with E-state index >= 15 is 0 Å². The van der Waals surface area contributed by atoms with Gasteiger partial charge in [-0.2, -0.15) is 0 Å². The van der Waals surface area contributed by atoms with Gasteiger partial charge in [0.2, 0.25) is 11.7 Å². The fraction of sp³-hybridized carbons (Fsp3) is 0.444. The number of hydrogen-bond acceptors (Lipinski definition) is 5. The molecule has 10 heteroatoms. The van der Waals surface area contributed by atoms with Crippen molar-refractivity contribution in [3.05, 3.63) is 41.5 Å². The van der Waals surface area contributed by atoms with Gasteiger partial charge in [0.05, 0.1) is 5.92 Å². The van der Waals surface area contributed by atoms with Crippen molar-refractivity contribution >= 4 is 11.8 Å². The number of fused-ring (bicyclic) bond motifs is 2. The van der Waals surface area contributed by atoms with E-state index in [-0.39, 0.29) is 24.7 Å². The van der Waals surface area contributed by atoms with Crippen LogP contribution in [0.15, 0.2) is 24.3 Å². The minimum atomic E-state index is -2.77. The third-order valence-corrected chi connectivity index (χ3v) is 4.96. The number of para-hydroxylation sites is 1. The monoisotopic (exact) mass is 391 g/mol. The van der Waals surface area contributed by atoms with Crippen molar-refractivity contribution in [2.75, 3.05) is 13.1 Å². The van der Waals surface area contributed by atoms with Crippen LogP contribution in [0.25, 0.3) is 0 Å². The van der Waals surface area contributed by atoms with Gasteiger partial charge in [-0.3, -0.25) is 9.59 Å². The van der Waals surface area contributed by atoms with Crippen molar-refractivity contribution in [3.63, 3.8) is 0 Å². The minimum absolute atomic E-state index is 0.192. The number of ether oxygens (including phenoxy) is 1. The minimum Gasteiger partial charge on any atom is -0.483 e. The number of hydrogen-bond donors (Lipinski definition) is 2. The van der Waals surface area contributed by atoms with E-state index in [1.165, 1.54) is 0 Å². The summed E-state index contributed by atoms with van der Waals surface area (Å²) in [6, 6.07) is 6.89. The normalized spacial score (nSPS) is 20.8. The number of nitrogens with one attached hydrogen (secondary N) is 2. The Morgan fingerprint density at radius 1 is 1.36 bits per heavy atom. The number of carbonyl (C=O) groups excluding carboxylic acids is 2. The molecule has 0 saturated heterocycles. The highest BCUT2D eigenvalue weighted by molar-refractivity contribution is 5.91. The lowest BCUT2D eigenvalue weighted by Crippen LogP contribution is -2.47. The van der Waals surface area contributed by atoms with Gasteiger partial charge in [0.15, 0.2) is 6.10 Å². The lowest BCUT2D eigenvalue weighted by atomic mass is 9.90. The van der Waals surface area contributed by atoms with E-state index in [9.17, 15) is 18.4 Å². The molecule has 0 spiro atoms. The Morgan fingerprint density at radius 2 is 2.18 bits per heavy atom. The molecule has 4 rings (SSSR count). The summed E-state index contributed by atoms with van der Waals surface area (Å²) in [5.41, 5.74) is 0.733. The topological polar surface area (TPSA) is 98.1 Å². The number of amides is 2. The molecule has 2 amide bonds. The molecule has 2 atom stereocenters. The summed E-state index contributed by atoms with van der Waals surface area (Å²) in [6.07, 6.45) is -3.72. The number of nitrogens with zero attached hydrogens (tertiary/aromatic N) is 3. The first-order valence-corrected chi connectivity index (χ1v) is 9.05. The fourth-order valence-electron chi connectivity index (χ4n) is 3.55. The fourth-order valence-corrected chi connectivity index (χ4v) is 3.55. The van der Waals surface area contributed by atoms with E-state index in [0.717, 1.165) is 5.56 Å². The molecule has 0 radical (unpaired) electrons. The van der Waals surface area contributed by atoms with Crippen LogP contribution in [-0.4, -0.2) is 52.2 Å². The maximum Gasteiger partial charge on any atom is 0.289 e. The zero-order valence-electron chi connectivity index (χ0n) is 14.9. The zero-order chi connectivity index (χ0) is 19.7. The van der Waals surface area contributed by atoms with Gasteiger partial charge in [-0.1, -0.05) is 18.2 Å². The number of halogens is 2. The summed E-state index contributed by atoms with van der Waals surface area (Å²) in [7, 11) is 0. The largest absolute Gasteiger partial charge is 0.483 e. The van der Waals surface area contributed by atoms with Crippen molar-refractivity contribution in [2.24, 2.45) is 5.92 Å². The van der Waals surface area contributed by atoms with Crippen LogP contribution in [0.5, 0.6) is 5.75 Å². The average molecular weight is 391 g/mol. The molecular formula is C18H19F2N5O3. The van der Waals surface area contributed by atoms with E-state index in [1.54, 1.807) is 28.8 Å². The quantitative estimate of drug-likeness (QED) is 0.777. The van der Waals surface area contributed by atoms with Crippen LogP contribution in [0.1, 0.15) is 22.0 Å². The molecule has 28 heavy (non-hydrogen) atoms. The Bertz CT molecular complexity index is 901. The molecule has 3 heterocycles. The van der Waals surface area contributed by atoms with Crippen LogP contribution in [0.2, 0.25) is 0 Å². The van der Waals surface area contributed by atoms with Gasteiger partial charge in [-0.05, 0) is 18.1 Å². The number of rotatable bonds is 5. The molecule has 0 aliphatic carbocycles. The second-order valence-corrected chi connectivity index (χ2v) is 6.72. The SMILES string of the molecule is O=C1NCCn2c(CCNC(=O)[C@@H]3Cc4ccccc4O[C@H]3C(F)F)nnc21. The van der Waals surface area contributed by atoms with Gasteiger partial charge in [0, 0.05) is 26.1 Å². The van der Waals surface area contributed by atoms with Crippen molar-refractivity contribution in [1.29, 1.82) is 0 Å². The molecule has 148 valence electrons. The van der Waals surface area contributed by atoms with Crippen LogP contribution in [0.4, 0.5) is 8.78 Å². The van der Waals surface area contributed by atoms with Crippen LogP contribution >= 0.6 is 0 Å². The summed E-state index contributed by atoms with van der Waals surface area (Å²) < 4.78 is 33.9. The van der Waals surface area contributed by atoms with E-state index in [4.69, 9.17) is 4.74 Å². The number of benzene rings is 1. The van der Waals surface area contributed by atoms with Crippen LogP contribution < -0.4 is 15.4 Å². The van der Waals surface area contributed by atoms with E-state index in [0.29, 0.717) is 31.1 Å². The molecule has 0 fully saturated rings. The Morgan fingerprint density at radius 3 is 3.00 bits per heavy atom. The molecular weight excluding hydrogens is 372 g/mol. The highest BCUT2D eigenvalue weighted by Gasteiger charge is 2.40. The van der Waals surface area contributed by atoms with Crippen molar-refractivity contribution < 1.29 is 23.1 Å². The van der Waals surface area contributed by atoms with Gasteiger partial charge >= 0.3 is 0 Å². The first-order valence-electron chi connectivity index (χ1n) is 9.05. The van der Waals surface area contributed by atoms with Gasteiger partial charge in [-0.15, -0.1) is 10.2 Å². The van der Waals surface area contributed by atoms with Gasteiger partial charge in [0.25, 0.3) is 12.3 Å². The predicted molar refractivity (Wildman–Crippen MR) is 93.1 cm³/mol. The third-order valence-electron chi connectivity index (χ3n) is 4.96. The van der Waals surface area contributed by atoms with Gasteiger partial charge in [-0.25, -0.2) is 8.78 Å². The molecule has 2 aliphatic heterocycles. The van der Waals surface area contributed by atoms with Crippen molar-refractivity contribution in [3.8, 4) is 5.75 Å². The van der Waals surface area contributed by atoms with Crippen LogP contribution in [0.3, 0.4) is 0 Å². The molecule has 2 aliphatic rings. The number of alkyl halides is 2. The molecule has 0 unspecified atom stereocenters. The highest BCUT2D eigenvalue weighted by Crippen LogP contribution is 2.33. The zero-order valence-corrected chi connectivity index (χ0v) is 14.9. The average Bonchev–Trinajstić information content (AvgIpc) is 3.11. The maximum atomic E-state index is 13.4. The van der Waals surface area contributed by atoms with Crippen molar-refractivity contribution in [1.82, 2.24) is 25.4 Å². The Kier molecular flexibility index (Phi) is 4.93. The Hall–Kier alpha value is -3.04. The van der Waals surface area contributed by atoms with Gasteiger partial charge < -0.3 is 19.9 Å². The molecule has 2 aromatic rings. The molecule has 1 aromatic carbocycles. The molecule has 0 saturated carbocycles. The van der Waals surface area contributed by atoms with Gasteiger partial charge in [0.1, 0.15) is 11.6 Å². The second-order valence-electron chi connectivity index (χ2n) is 6.72. The van der Waals surface area contributed by atoms with Crippen molar-refractivity contribution in [2.45, 2.75) is 31.9 Å². The predicted octanol–water partition coefficient (Wildman–Crippen LogP) is 0.565. The highest BCUT2D eigenvalue weighted by atomic mass is 19.3. The summed E-state index contributed by atoms with van der Waals surface area (Å²) in [6.45, 7) is 1.24. The first-order chi connectivity index (χ1) is 13.5. The Labute approximate surface area is 159 Å². The van der Waals surface area contributed by atoms with E-state index in [1.807, 2.05) is 0 Å².